The summed E-state index contributed by atoms with van der Waals surface area (Å²) in [7, 11) is -4.25. The van der Waals surface area contributed by atoms with Crippen LogP contribution in [0.25, 0.3) is 0 Å². The van der Waals surface area contributed by atoms with Crippen LogP contribution in [0, 0.1) is 11.6 Å². The summed E-state index contributed by atoms with van der Waals surface area (Å²) in [6, 6.07) is 4.86. The first-order valence-corrected chi connectivity index (χ1v) is 8.34. The van der Waals surface area contributed by atoms with Gasteiger partial charge in [-0.25, -0.2) is 21.9 Å². The quantitative estimate of drug-likeness (QED) is 0.868. The summed E-state index contributed by atoms with van der Waals surface area (Å²) < 4.78 is 53.7. The van der Waals surface area contributed by atoms with Crippen LogP contribution in [0.4, 0.5) is 8.78 Å². The average molecular weight is 354 g/mol. The molecule has 0 aliphatic carbocycles. The number of benzene rings is 1. The molecule has 0 radical (unpaired) electrons. The number of hydrogen-bond donors (Lipinski definition) is 2. The zero-order valence-electron chi connectivity index (χ0n) is 10.4. The van der Waals surface area contributed by atoms with Crippen molar-refractivity contribution >= 4 is 33.0 Å². The zero-order chi connectivity index (χ0) is 15.6. The topological polar surface area (TPSA) is 66.4 Å². The van der Waals surface area contributed by atoms with Crippen LogP contribution in [-0.4, -0.2) is 13.5 Å². The molecule has 9 heteroatoms. The molecule has 1 aromatic carbocycles. The molecule has 21 heavy (non-hydrogen) atoms. The number of hydrogen-bond acceptors (Lipinski definition) is 4. The first-order valence-electron chi connectivity index (χ1n) is 5.66. The molecule has 0 atom stereocenters. The lowest BCUT2D eigenvalue weighted by molar-refractivity contribution is 0.280. The summed E-state index contributed by atoms with van der Waals surface area (Å²) in [6.07, 6.45) is 0. The average Bonchev–Trinajstić information content (AvgIpc) is 2.85. The Labute approximate surface area is 129 Å². The Morgan fingerprint density at radius 3 is 2.57 bits per heavy atom. The fraction of sp³-hybridized carbons (Fsp3) is 0.167. The number of halogens is 3. The van der Waals surface area contributed by atoms with Gasteiger partial charge in [-0.2, -0.15) is 0 Å². The Bertz CT molecular complexity index is 762. The van der Waals surface area contributed by atoms with Gasteiger partial charge in [0.25, 0.3) is 0 Å². The first kappa shape index (κ1) is 16.3. The van der Waals surface area contributed by atoms with Gasteiger partial charge in [-0.1, -0.05) is 11.6 Å². The maximum absolute atomic E-state index is 13.6. The molecule has 0 saturated carbocycles. The summed E-state index contributed by atoms with van der Waals surface area (Å²) >= 11 is 6.89. The number of aliphatic hydroxyl groups is 1. The monoisotopic (exact) mass is 353 g/mol. The lowest BCUT2D eigenvalue weighted by atomic mass is 10.2. The van der Waals surface area contributed by atoms with Crippen molar-refractivity contribution in [2.24, 2.45) is 0 Å². The largest absolute Gasteiger partial charge is 0.392 e. The van der Waals surface area contributed by atoms with E-state index in [1.807, 2.05) is 0 Å². The number of rotatable bonds is 5. The van der Waals surface area contributed by atoms with Crippen LogP contribution < -0.4 is 4.72 Å². The van der Waals surface area contributed by atoms with Gasteiger partial charge in [0.1, 0.15) is 4.90 Å². The normalized spacial score (nSPS) is 11.8. The van der Waals surface area contributed by atoms with Crippen molar-refractivity contribution in [1.29, 1.82) is 0 Å². The molecule has 2 aromatic rings. The summed E-state index contributed by atoms with van der Waals surface area (Å²) in [5.41, 5.74) is -0.0338. The molecule has 2 rings (SSSR count). The van der Waals surface area contributed by atoms with Crippen LogP contribution >= 0.6 is 22.9 Å². The Balaban J connectivity index is 2.29. The lowest BCUT2D eigenvalue weighted by Gasteiger charge is -2.09. The molecular formula is C12H10ClF2NO3S2. The van der Waals surface area contributed by atoms with Gasteiger partial charge >= 0.3 is 0 Å². The van der Waals surface area contributed by atoms with Crippen LogP contribution in [0.5, 0.6) is 0 Å². The molecular weight excluding hydrogens is 344 g/mol. The van der Waals surface area contributed by atoms with E-state index < -0.39 is 33.2 Å². The predicted molar refractivity (Wildman–Crippen MR) is 75.6 cm³/mol. The van der Waals surface area contributed by atoms with E-state index in [-0.39, 0.29) is 12.1 Å². The second-order valence-corrected chi connectivity index (χ2v) is 7.61. The van der Waals surface area contributed by atoms with E-state index in [4.69, 9.17) is 16.7 Å². The smallest absolute Gasteiger partial charge is 0.243 e. The van der Waals surface area contributed by atoms with Crippen LogP contribution in [0.1, 0.15) is 10.4 Å². The molecule has 0 unspecified atom stereocenters. The van der Waals surface area contributed by atoms with Gasteiger partial charge in [-0.3, -0.25) is 0 Å². The van der Waals surface area contributed by atoms with E-state index in [9.17, 15) is 17.2 Å². The Hall–Kier alpha value is -1.06. The number of nitrogens with one attached hydrogen (secondary N) is 1. The van der Waals surface area contributed by atoms with Crippen LogP contribution in [-0.2, 0) is 23.2 Å². The molecule has 4 nitrogen and oxygen atoms in total. The maximum Gasteiger partial charge on any atom is 0.243 e. The van der Waals surface area contributed by atoms with Crippen LogP contribution in [0.3, 0.4) is 0 Å². The highest BCUT2D eigenvalue weighted by Crippen LogP contribution is 2.23. The molecule has 2 N–H and O–H groups in total. The molecule has 0 aliphatic heterocycles. The van der Waals surface area contributed by atoms with Gasteiger partial charge in [0.05, 0.1) is 10.9 Å². The number of aliphatic hydroxyl groups excluding tert-OH is 1. The third kappa shape index (κ3) is 3.78. The van der Waals surface area contributed by atoms with E-state index in [1.165, 1.54) is 11.3 Å². The summed E-state index contributed by atoms with van der Waals surface area (Å²) in [5.74, 6) is -2.81. The SMILES string of the molecule is O=S(=O)(NCc1ccc(Cl)s1)c1cc(CO)cc(F)c1F. The lowest BCUT2D eigenvalue weighted by Crippen LogP contribution is -2.24. The molecule has 0 aliphatic rings. The van der Waals surface area contributed by atoms with Gasteiger partial charge < -0.3 is 5.11 Å². The molecule has 1 aromatic heterocycles. The fourth-order valence-electron chi connectivity index (χ4n) is 1.59. The van der Waals surface area contributed by atoms with Gasteiger partial charge in [-0.05, 0) is 29.8 Å². The Kier molecular flexibility index (Phi) is 4.95. The van der Waals surface area contributed by atoms with Gasteiger partial charge in [0, 0.05) is 11.4 Å². The van der Waals surface area contributed by atoms with Crippen molar-refractivity contribution in [2.75, 3.05) is 0 Å². The van der Waals surface area contributed by atoms with Gasteiger partial charge in [0.2, 0.25) is 10.0 Å². The van der Waals surface area contributed by atoms with Crippen molar-refractivity contribution in [3.63, 3.8) is 0 Å². The first-order chi connectivity index (χ1) is 9.83. The fourth-order valence-corrected chi connectivity index (χ4v) is 3.85. The minimum Gasteiger partial charge on any atom is -0.392 e. The Morgan fingerprint density at radius 1 is 1.29 bits per heavy atom. The molecule has 0 spiro atoms. The molecule has 0 saturated heterocycles. The molecule has 1 heterocycles. The minimum atomic E-state index is -4.25. The third-order valence-electron chi connectivity index (χ3n) is 2.59. The maximum atomic E-state index is 13.6. The van der Waals surface area contributed by atoms with E-state index >= 15 is 0 Å². The van der Waals surface area contributed by atoms with E-state index in [0.29, 0.717) is 9.21 Å². The highest BCUT2D eigenvalue weighted by atomic mass is 35.5. The van der Waals surface area contributed by atoms with Gasteiger partial charge in [0.15, 0.2) is 11.6 Å². The van der Waals surface area contributed by atoms with E-state index in [1.54, 1.807) is 12.1 Å². The van der Waals surface area contributed by atoms with Crippen LogP contribution in [0.15, 0.2) is 29.2 Å². The van der Waals surface area contributed by atoms with Crippen molar-refractivity contribution < 1.29 is 22.3 Å². The Morgan fingerprint density at radius 2 is 2.00 bits per heavy atom. The molecule has 0 bridgehead atoms. The number of sulfonamides is 1. The minimum absolute atomic E-state index is 0.0338. The standard InChI is InChI=1S/C12H10ClF2NO3S2/c13-11-2-1-8(20-11)5-16-21(18,19)10-4-7(6-17)3-9(14)12(10)15/h1-4,16-17H,5-6H2. The van der Waals surface area contributed by atoms with E-state index in [2.05, 4.69) is 4.72 Å². The summed E-state index contributed by atoms with van der Waals surface area (Å²) in [6.45, 7) is -0.690. The molecule has 0 amide bonds. The van der Waals surface area contributed by atoms with Crippen LogP contribution in [0.2, 0.25) is 4.34 Å². The highest BCUT2D eigenvalue weighted by molar-refractivity contribution is 7.89. The van der Waals surface area contributed by atoms with Crippen molar-refractivity contribution in [3.8, 4) is 0 Å². The number of thiophene rings is 1. The molecule has 114 valence electrons. The van der Waals surface area contributed by atoms with Crippen molar-refractivity contribution in [1.82, 2.24) is 4.72 Å². The summed E-state index contributed by atoms with van der Waals surface area (Å²) in [4.78, 5) is -0.211. The van der Waals surface area contributed by atoms with E-state index in [0.717, 1.165) is 12.1 Å². The summed E-state index contributed by atoms with van der Waals surface area (Å²) in [5, 5.41) is 8.94. The highest BCUT2D eigenvalue weighted by Gasteiger charge is 2.23. The second-order valence-electron chi connectivity index (χ2n) is 4.08. The third-order valence-corrected chi connectivity index (χ3v) is 5.22. The predicted octanol–water partition coefficient (Wildman–Crippen LogP) is 2.65. The van der Waals surface area contributed by atoms with Crippen molar-refractivity contribution in [2.45, 2.75) is 18.0 Å². The van der Waals surface area contributed by atoms with Crippen molar-refractivity contribution in [3.05, 3.63) is 50.7 Å². The zero-order valence-corrected chi connectivity index (χ0v) is 12.8. The van der Waals surface area contributed by atoms with Gasteiger partial charge in [-0.15, -0.1) is 11.3 Å². The molecule has 0 fully saturated rings. The second kappa shape index (κ2) is 6.37.